The van der Waals surface area contributed by atoms with Crippen LogP contribution in [0.1, 0.15) is 33.6 Å². The van der Waals surface area contributed by atoms with Gasteiger partial charge in [0.1, 0.15) is 11.5 Å². The summed E-state index contributed by atoms with van der Waals surface area (Å²) in [5.74, 6) is 1.64. The Kier molecular flexibility index (Phi) is 5.32. The highest BCUT2D eigenvalue weighted by atomic mass is 16.5. The van der Waals surface area contributed by atoms with Gasteiger partial charge in [-0.05, 0) is 30.4 Å². The van der Waals surface area contributed by atoms with Crippen LogP contribution < -0.4 is 14.8 Å². The lowest BCUT2D eigenvalue weighted by molar-refractivity contribution is 0.370. The summed E-state index contributed by atoms with van der Waals surface area (Å²) in [6.45, 7) is 7.75. The smallest absolute Gasteiger partial charge is 0.145 e. The number of hydrogen-bond acceptors (Lipinski definition) is 3. The summed E-state index contributed by atoms with van der Waals surface area (Å²) in [5.41, 5.74) is 1.42. The van der Waals surface area contributed by atoms with Crippen molar-refractivity contribution in [1.29, 1.82) is 0 Å². The standard InChI is InChI=1S/C15H25NO2/c1-15(2,3)9-6-10-16-13-8-7-12(17-4)11-14(13)18-5/h7-8,11,16H,6,9-10H2,1-5H3. The average Bonchev–Trinajstić information content (AvgIpc) is 2.33. The molecule has 0 atom stereocenters. The molecule has 3 nitrogen and oxygen atoms in total. The largest absolute Gasteiger partial charge is 0.497 e. The van der Waals surface area contributed by atoms with Gasteiger partial charge in [-0.15, -0.1) is 0 Å². The van der Waals surface area contributed by atoms with Crippen LogP contribution in [-0.2, 0) is 0 Å². The summed E-state index contributed by atoms with van der Waals surface area (Å²) in [6.07, 6.45) is 2.36. The summed E-state index contributed by atoms with van der Waals surface area (Å²) in [7, 11) is 3.33. The van der Waals surface area contributed by atoms with Crippen LogP contribution in [0.2, 0.25) is 0 Å². The first kappa shape index (κ1) is 14.7. The third kappa shape index (κ3) is 4.86. The molecule has 0 aliphatic heterocycles. The average molecular weight is 251 g/mol. The van der Waals surface area contributed by atoms with E-state index in [0.29, 0.717) is 5.41 Å². The Morgan fingerprint density at radius 2 is 1.83 bits per heavy atom. The molecule has 1 rings (SSSR count). The highest BCUT2D eigenvalue weighted by molar-refractivity contribution is 5.59. The molecular formula is C15H25NO2. The van der Waals surface area contributed by atoms with E-state index in [9.17, 15) is 0 Å². The Morgan fingerprint density at radius 3 is 2.39 bits per heavy atom. The zero-order valence-corrected chi connectivity index (χ0v) is 12.2. The summed E-state index contributed by atoms with van der Waals surface area (Å²) in [5, 5.41) is 3.41. The Bertz CT molecular complexity index is 369. The first-order chi connectivity index (χ1) is 8.46. The molecule has 0 saturated carbocycles. The lowest BCUT2D eigenvalue weighted by Gasteiger charge is -2.18. The lowest BCUT2D eigenvalue weighted by atomic mass is 9.91. The first-order valence-electron chi connectivity index (χ1n) is 6.42. The van der Waals surface area contributed by atoms with E-state index in [0.717, 1.165) is 30.2 Å². The van der Waals surface area contributed by atoms with Gasteiger partial charge in [-0.25, -0.2) is 0 Å². The number of methoxy groups -OCH3 is 2. The minimum atomic E-state index is 0.395. The van der Waals surface area contributed by atoms with Crippen molar-refractivity contribution >= 4 is 5.69 Å². The van der Waals surface area contributed by atoms with Crippen LogP contribution >= 0.6 is 0 Å². The monoisotopic (exact) mass is 251 g/mol. The number of anilines is 1. The highest BCUT2D eigenvalue weighted by Gasteiger charge is 2.09. The molecule has 0 saturated heterocycles. The molecule has 18 heavy (non-hydrogen) atoms. The maximum Gasteiger partial charge on any atom is 0.145 e. The molecule has 0 fully saturated rings. The molecule has 0 aromatic heterocycles. The molecule has 0 aliphatic carbocycles. The second kappa shape index (κ2) is 6.53. The van der Waals surface area contributed by atoms with Gasteiger partial charge in [-0.2, -0.15) is 0 Å². The van der Waals surface area contributed by atoms with Crippen LogP contribution in [-0.4, -0.2) is 20.8 Å². The molecule has 3 heteroatoms. The number of ether oxygens (including phenoxy) is 2. The van der Waals surface area contributed by atoms with E-state index in [1.807, 2.05) is 18.2 Å². The van der Waals surface area contributed by atoms with Crippen molar-refractivity contribution in [2.24, 2.45) is 5.41 Å². The number of nitrogens with one attached hydrogen (secondary N) is 1. The van der Waals surface area contributed by atoms with Crippen molar-refractivity contribution in [3.05, 3.63) is 18.2 Å². The van der Waals surface area contributed by atoms with Gasteiger partial charge in [0.15, 0.2) is 0 Å². The SMILES string of the molecule is COc1ccc(NCCCC(C)(C)C)c(OC)c1. The predicted octanol–water partition coefficient (Wildman–Crippen LogP) is 3.94. The molecule has 0 amide bonds. The lowest BCUT2D eigenvalue weighted by Crippen LogP contribution is -2.09. The number of rotatable bonds is 6. The fourth-order valence-corrected chi connectivity index (χ4v) is 1.79. The molecule has 1 aromatic carbocycles. The van der Waals surface area contributed by atoms with Crippen molar-refractivity contribution in [2.45, 2.75) is 33.6 Å². The zero-order valence-electron chi connectivity index (χ0n) is 12.2. The van der Waals surface area contributed by atoms with Gasteiger partial charge in [0.25, 0.3) is 0 Å². The molecule has 0 bridgehead atoms. The van der Waals surface area contributed by atoms with Gasteiger partial charge in [0, 0.05) is 12.6 Å². The maximum atomic E-state index is 5.34. The van der Waals surface area contributed by atoms with Gasteiger partial charge in [0.05, 0.1) is 19.9 Å². The van der Waals surface area contributed by atoms with Crippen LogP contribution in [0.25, 0.3) is 0 Å². The molecule has 0 heterocycles. The van der Waals surface area contributed by atoms with E-state index in [2.05, 4.69) is 26.1 Å². The minimum absolute atomic E-state index is 0.395. The Labute approximate surface area is 110 Å². The van der Waals surface area contributed by atoms with Gasteiger partial charge in [-0.3, -0.25) is 0 Å². The van der Waals surface area contributed by atoms with Crippen LogP contribution in [0.3, 0.4) is 0 Å². The van der Waals surface area contributed by atoms with E-state index in [4.69, 9.17) is 9.47 Å². The van der Waals surface area contributed by atoms with E-state index in [-0.39, 0.29) is 0 Å². The Balaban J connectivity index is 2.51. The van der Waals surface area contributed by atoms with Gasteiger partial charge < -0.3 is 14.8 Å². The van der Waals surface area contributed by atoms with E-state index < -0.39 is 0 Å². The highest BCUT2D eigenvalue weighted by Crippen LogP contribution is 2.29. The zero-order chi connectivity index (χ0) is 13.6. The minimum Gasteiger partial charge on any atom is -0.497 e. The Hall–Kier alpha value is -1.38. The summed E-state index contributed by atoms with van der Waals surface area (Å²) in [4.78, 5) is 0. The fourth-order valence-electron chi connectivity index (χ4n) is 1.79. The topological polar surface area (TPSA) is 30.5 Å². The van der Waals surface area contributed by atoms with Crippen molar-refractivity contribution in [1.82, 2.24) is 0 Å². The van der Waals surface area contributed by atoms with E-state index >= 15 is 0 Å². The van der Waals surface area contributed by atoms with Crippen LogP contribution in [0, 0.1) is 5.41 Å². The third-order valence-corrected chi connectivity index (χ3v) is 2.83. The molecule has 0 radical (unpaired) electrons. The summed E-state index contributed by atoms with van der Waals surface area (Å²) in [6, 6.07) is 5.83. The first-order valence-corrected chi connectivity index (χ1v) is 6.42. The molecule has 102 valence electrons. The van der Waals surface area contributed by atoms with E-state index in [1.165, 1.54) is 6.42 Å². The van der Waals surface area contributed by atoms with Gasteiger partial charge in [0.2, 0.25) is 0 Å². The molecular weight excluding hydrogens is 226 g/mol. The van der Waals surface area contributed by atoms with E-state index in [1.54, 1.807) is 14.2 Å². The normalized spacial score (nSPS) is 11.2. The maximum absolute atomic E-state index is 5.34. The van der Waals surface area contributed by atoms with Crippen molar-refractivity contribution in [3.63, 3.8) is 0 Å². The summed E-state index contributed by atoms with van der Waals surface area (Å²) >= 11 is 0. The van der Waals surface area contributed by atoms with Crippen LogP contribution in [0.15, 0.2) is 18.2 Å². The van der Waals surface area contributed by atoms with Gasteiger partial charge in [-0.1, -0.05) is 20.8 Å². The number of benzene rings is 1. The quantitative estimate of drug-likeness (QED) is 0.777. The molecule has 1 N–H and O–H groups in total. The predicted molar refractivity (Wildman–Crippen MR) is 76.7 cm³/mol. The fraction of sp³-hybridized carbons (Fsp3) is 0.600. The van der Waals surface area contributed by atoms with Gasteiger partial charge >= 0.3 is 0 Å². The molecule has 0 spiro atoms. The number of hydrogen-bond donors (Lipinski definition) is 1. The molecule has 0 aliphatic rings. The van der Waals surface area contributed by atoms with Crippen LogP contribution in [0.4, 0.5) is 5.69 Å². The second-order valence-electron chi connectivity index (χ2n) is 5.66. The molecule has 1 aromatic rings. The van der Waals surface area contributed by atoms with Crippen molar-refractivity contribution in [2.75, 3.05) is 26.1 Å². The van der Waals surface area contributed by atoms with Crippen molar-refractivity contribution < 1.29 is 9.47 Å². The summed E-state index contributed by atoms with van der Waals surface area (Å²) < 4.78 is 10.5. The molecule has 0 unspecified atom stereocenters. The third-order valence-electron chi connectivity index (χ3n) is 2.83. The second-order valence-corrected chi connectivity index (χ2v) is 5.66. The van der Waals surface area contributed by atoms with Crippen molar-refractivity contribution in [3.8, 4) is 11.5 Å². The van der Waals surface area contributed by atoms with Crippen LogP contribution in [0.5, 0.6) is 11.5 Å². The Morgan fingerprint density at radius 1 is 1.11 bits per heavy atom.